The van der Waals surface area contributed by atoms with E-state index < -0.39 is 16.6 Å². The first-order valence-corrected chi connectivity index (χ1v) is 4.92. The van der Waals surface area contributed by atoms with Crippen LogP contribution in [0.3, 0.4) is 0 Å². The third-order valence-corrected chi connectivity index (χ3v) is 2.45. The van der Waals surface area contributed by atoms with E-state index in [1.165, 1.54) is 0 Å². The molecule has 9 heteroatoms. The number of esters is 1. The molecule has 0 unspecified atom stereocenters. The van der Waals surface area contributed by atoms with E-state index in [4.69, 9.17) is 5.53 Å². The number of hydrogen-bond acceptors (Lipinski definition) is 5. The maximum absolute atomic E-state index is 11.3. The molecule has 0 aromatic heterocycles. The molecule has 0 spiro atoms. The molecule has 0 aliphatic carbocycles. The lowest BCUT2D eigenvalue weighted by Crippen LogP contribution is -2.05. The van der Waals surface area contributed by atoms with Crippen molar-refractivity contribution in [1.29, 1.82) is 0 Å². The number of hydrogen-bond donors (Lipinski definition) is 0. The molecule has 0 saturated heterocycles. The summed E-state index contributed by atoms with van der Waals surface area (Å²) in [5.41, 5.74) is 7.66. The maximum atomic E-state index is 11.3. The van der Waals surface area contributed by atoms with E-state index in [1.807, 2.05) is 0 Å². The van der Waals surface area contributed by atoms with Gasteiger partial charge in [0, 0.05) is 15.5 Å². The molecule has 0 fully saturated rings. The molecule has 88 valence electrons. The lowest BCUT2D eigenvalue weighted by atomic mass is 10.1. The number of halogens is 1. The standard InChI is InChI=1S/C8H5BrN4O4/c1-17-8(14)4-2-6(11-12-10)5(9)3-7(4)13(15)16/h2-3H,1H3. The van der Waals surface area contributed by atoms with E-state index in [9.17, 15) is 14.9 Å². The molecular weight excluding hydrogens is 296 g/mol. The highest BCUT2D eigenvalue weighted by molar-refractivity contribution is 9.10. The van der Waals surface area contributed by atoms with Crippen LogP contribution in [0.2, 0.25) is 0 Å². The molecule has 8 nitrogen and oxygen atoms in total. The number of carbonyl (C=O) groups is 1. The Morgan fingerprint density at radius 1 is 1.65 bits per heavy atom. The lowest BCUT2D eigenvalue weighted by molar-refractivity contribution is -0.385. The van der Waals surface area contributed by atoms with Gasteiger partial charge in [0.1, 0.15) is 5.56 Å². The van der Waals surface area contributed by atoms with Crippen molar-refractivity contribution in [2.75, 3.05) is 7.11 Å². The summed E-state index contributed by atoms with van der Waals surface area (Å²) in [6.45, 7) is 0. The molecule has 0 bridgehead atoms. The van der Waals surface area contributed by atoms with E-state index in [1.54, 1.807) is 0 Å². The van der Waals surface area contributed by atoms with Gasteiger partial charge in [-0.1, -0.05) is 21.0 Å². The highest BCUT2D eigenvalue weighted by Gasteiger charge is 2.23. The molecule has 0 aliphatic heterocycles. The Morgan fingerprint density at radius 3 is 2.76 bits per heavy atom. The molecule has 1 aromatic carbocycles. The molecule has 0 aliphatic rings. The minimum atomic E-state index is -0.876. The van der Waals surface area contributed by atoms with Crippen molar-refractivity contribution in [2.24, 2.45) is 5.11 Å². The van der Waals surface area contributed by atoms with Gasteiger partial charge in [0.2, 0.25) is 0 Å². The van der Waals surface area contributed by atoms with Crippen LogP contribution in [-0.4, -0.2) is 18.0 Å². The van der Waals surface area contributed by atoms with Gasteiger partial charge >= 0.3 is 5.97 Å². The van der Waals surface area contributed by atoms with Crippen LogP contribution < -0.4 is 0 Å². The second-order valence-electron chi connectivity index (χ2n) is 2.76. The third kappa shape index (κ3) is 2.71. The number of nitro groups is 1. The monoisotopic (exact) mass is 300 g/mol. The Morgan fingerprint density at radius 2 is 2.29 bits per heavy atom. The molecule has 0 radical (unpaired) electrons. The van der Waals surface area contributed by atoms with Gasteiger partial charge in [-0.2, -0.15) is 0 Å². The number of ether oxygens (including phenoxy) is 1. The van der Waals surface area contributed by atoms with Crippen molar-refractivity contribution in [3.05, 3.63) is 42.7 Å². The normalized spacial score (nSPS) is 9.29. The average molecular weight is 301 g/mol. The van der Waals surface area contributed by atoms with Crippen LogP contribution in [0.1, 0.15) is 10.4 Å². The van der Waals surface area contributed by atoms with Crippen LogP contribution in [0.5, 0.6) is 0 Å². The summed E-state index contributed by atoms with van der Waals surface area (Å²) in [4.78, 5) is 23.9. The molecule has 0 heterocycles. The van der Waals surface area contributed by atoms with Crippen LogP contribution >= 0.6 is 15.9 Å². The van der Waals surface area contributed by atoms with Crippen molar-refractivity contribution in [2.45, 2.75) is 0 Å². The van der Waals surface area contributed by atoms with Crippen molar-refractivity contribution in [3.63, 3.8) is 0 Å². The lowest BCUT2D eigenvalue weighted by Gasteiger charge is -2.03. The minimum Gasteiger partial charge on any atom is -0.465 e. The van der Waals surface area contributed by atoms with Crippen LogP contribution in [0, 0.1) is 10.1 Å². The Hall–Kier alpha value is -2.12. The first-order valence-electron chi connectivity index (χ1n) is 4.12. The highest BCUT2D eigenvalue weighted by atomic mass is 79.9. The van der Waals surface area contributed by atoms with Crippen LogP contribution in [0.25, 0.3) is 10.4 Å². The highest BCUT2D eigenvalue weighted by Crippen LogP contribution is 2.33. The Balaban J connectivity index is 3.52. The molecular formula is C8H5BrN4O4. The van der Waals surface area contributed by atoms with E-state index in [-0.39, 0.29) is 15.7 Å². The van der Waals surface area contributed by atoms with Crippen molar-refractivity contribution in [3.8, 4) is 0 Å². The van der Waals surface area contributed by atoms with Gasteiger partial charge in [-0.25, -0.2) is 4.79 Å². The van der Waals surface area contributed by atoms with E-state index in [2.05, 4.69) is 30.7 Å². The maximum Gasteiger partial charge on any atom is 0.344 e. The fraction of sp³-hybridized carbons (Fsp3) is 0.125. The first-order chi connectivity index (χ1) is 8.01. The quantitative estimate of drug-likeness (QED) is 0.213. The van der Waals surface area contributed by atoms with Crippen molar-refractivity contribution < 1.29 is 14.5 Å². The summed E-state index contributed by atoms with van der Waals surface area (Å²) < 4.78 is 4.62. The number of carbonyl (C=O) groups excluding carboxylic acids is 1. The topological polar surface area (TPSA) is 118 Å². The number of rotatable bonds is 3. The molecule has 17 heavy (non-hydrogen) atoms. The summed E-state index contributed by atoms with van der Waals surface area (Å²) >= 11 is 3.00. The smallest absolute Gasteiger partial charge is 0.344 e. The van der Waals surface area contributed by atoms with E-state index in [0.29, 0.717) is 0 Å². The fourth-order valence-corrected chi connectivity index (χ4v) is 1.51. The third-order valence-electron chi connectivity index (χ3n) is 1.82. The number of nitro benzene ring substituents is 1. The molecule has 0 N–H and O–H groups in total. The number of azide groups is 1. The summed E-state index contributed by atoms with van der Waals surface area (Å²) in [6, 6.07) is 2.17. The fourth-order valence-electron chi connectivity index (χ4n) is 1.10. The van der Waals surface area contributed by atoms with Crippen LogP contribution in [0.4, 0.5) is 11.4 Å². The largest absolute Gasteiger partial charge is 0.465 e. The molecule has 1 rings (SSSR count). The zero-order chi connectivity index (χ0) is 13.0. The van der Waals surface area contributed by atoms with Crippen LogP contribution in [0.15, 0.2) is 21.7 Å². The van der Waals surface area contributed by atoms with Crippen molar-refractivity contribution >= 4 is 33.3 Å². The molecule has 1 aromatic rings. The van der Waals surface area contributed by atoms with E-state index >= 15 is 0 Å². The van der Waals surface area contributed by atoms with Gasteiger partial charge in [0.25, 0.3) is 5.69 Å². The molecule has 0 atom stereocenters. The van der Waals surface area contributed by atoms with Gasteiger partial charge in [-0.15, -0.1) is 0 Å². The zero-order valence-corrected chi connectivity index (χ0v) is 10.0. The summed E-state index contributed by atoms with van der Waals surface area (Å²) in [5, 5.41) is 14.0. The van der Waals surface area contributed by atoms with Gasteiger partial charge in [-0.3, -0.25) is 10.1 Å². The van der Waals surface area contributed by atoms with Gasteiger partial charge in [0.15, 0.2) is 0 Å². The van der Waals surface area contributed by atoms with Crippen molar-refractivity contribution in [1.82, 2.24) is 0 Å². The number of benzene rings is 1. The predicted octanol–water partition coefficient (Wildman–Crippen LogP) is 3.09. The SMILES string of the molecule is COC(=O)c1cc(N=[N+]=[N-])c(Br)cc1[N+](=O)[O-]. The predicted molar refractivity (Wildman–Crippen MR) is 60.9 cm³/mol. The Labute approximate surface area is 103 Å². The molecule has 0 saturated carbocycles. The van der Waals surface area contributed by atoms with Gasteiger partial charge in [-0.05, 0) is 11.6 Å². The number of methoxy groups -OCH3 is 1. The average Bonchev–Trinajstić information content (AvgIpc) is 2.30. The summed E-state index contributed by atoms with van der Waals surface area (Å²) in [5.74, 6) is -0.876. The van der Waals surface area contributed by atoms with Gasteiger partial charge < -0.3 is 4.74 Å². The Bertz CT molecular complexity index is 539. The van der Waals surface area contributed by atoms with E-state index in [0.717, 1.165) is 19.2 Å². The second-order valence-corrected chi connectivity index (χ2v) is 3.61. The second kappa shape index (κ2) is 5.28. The zero-order valence-electron chi connectivity index (χ0n) is 8.45. The first kappa shape index (κ1) is 12.9. The minimum absolute atomic E-state index is 0.0681. The Kier molecular flexibility index (Phi) is 4.02. The van der Waals surface area contributed by atoms with Gasteiger partial charge in [0.05, 0.1) is 17.7 Å². The summed E-state index contributed by atoms with van der Waals surface area (Å²) in [7, 11) is 1.10. The molecule has 0 amide bonds. The number of nitrogens with zero attached hydrogens (tertiary/aromatic N) is 4. The van der Waals surface area contributed by atoms with Crippen LogP contribution in [-0.2, 0) is 4.74 Å². The summed E-state index contributed by atoms with van der Waals surface area (Å²) in [6.07, 6.45) is 0.